The number of anilines is 2. The van der Waals surface area contributed by atoms with Crippen LogP contribution in [0.2, 0.25) is 0 Å². The summed E-state index contributed by atoms with van der Waals surface area (Å²) in [6.45, 7) is 3.20. The van der Waals surface area contributed by atoms with Gasteiger partial charge in [-0.05, 0) is 53.4 Å². The van der Waals surface area contributed by atoms with Crippen LogP contribution in [0.25, 0.3) is 11.1 Å². The van der Waals surface area contributed by atoms with Gasteiger partial charge in [-0.1, -0.05) is 62.2 Å². The second-order valence-electron chi connectivity index (χ2n) is 7.85. The quantitative estimate of drug-likeness (QED) is 0.306. The molecule has 3 N–H and O–H groups in total. The summed E-state index contributed by atoms with van der Waals surface area (Å²) in [5.41, 5.74) is 4.91. The highest BCUT2D eigenvalue weighted by atomic mass is 16.4. The van der Waals surface area contributed by atoms with E-state index in [-0.39, 0.29) is 11.3 Å². The minimum absolute atomic E-state index is 0.237. The maximum atomic E-state index is 11.9. The molecule has 166 valence electrons. The predicted molar refractivity (Wildman–Crippen MR) is 129 cm³/mol. The average molecular weight is 431 g/mol. The fraction of sp³-hybridized carbons (Fsp3) is 0.259. The SMILES string of the molecule is CCCCCC(=O)CNCc1cccc(-c2ccc(Nc3ccccc3C(=O)O)cc2)c1. The molecular formula is C27H30N2O3. The molecule has 0 unspecified atom stereocenters. The van der Waals surface area contributed by atoms with Crippen LogP contribution < -0.4 is 10.6 Å². The Morgan fingerprint density at radius 3 is 2.41 bits per heavy atom. The summed E-state index contributed by atoms with van der Waals surface area (Å²) in [4.78, 5) is 23.3. The van der Waals surface area contributed by atoms with Crippen molar-refractivity contribution in [2.75, 3.05) is 11.9 Å². The van der Waals surface area contributed by atoms with E-state index in [0.29, 0.717) is 25.2 Å². The summed E-state index contributed by atoms with van der Waals surface area (Å²) in [5.74, 6) is -0.694. The van der Waals surface area contributed by atoms with Crippen molar-refractivity contribution in [1.82, 2.24) is 5.32 Å². The monoisotopic (exact) mass is 430 g/mol. The molecule has 5 nitrogen and oxygen atoms in total. The standard InChI is InChI=1S/C27H30N2O3/c1-2-3-4-10-24(30)19-28-18-20-8-7-9-22(17-20)21-13-15-23(16-14-21)29-26-12-6-5-11-25(26)27(31)32/h5-9,11-17,28-29H,2-4,10,18-19H2,1H3,(H,31,32). The average Bonchev–Trinajstić information content (AvgIpc) is 2.80. The first-order valence-electron chi connectivity index (χ1n) is 11.1. The van der Waals surface area contributed by atoms with Gasteiger partial charge in [0, 0.05) is 18.7 Å². The summed E-state index contributed by atoms with van der Waals surface area (Å²) < 4.78 is 0. The molecule has 3 rings (SSSR count). The van der Waals surface area contributed by atoms with Gasteiger partial charge in [0.1, 0.15) is 5.78 Å². The third kappa shape index (κ3) is 6.79. The zero-order chi connectivity index (χ0) is 22.8. The number of carboxylic acids is 1. The number of aromatic carboxylic acids is 1. The molecule has 0 aliphatic heterocycles. The third-order valence-corrected chi connectivity index (χ3v) is 5.29. The molecule has 0 aliphatic rings. The maximum Gasteiger partial charge on any atom is 0.337 e. The van der Waals surface area contributed by atoms with Crippen LogP contribution in [0.3, 0.4) is 0 Å². The Morgan fingerprint density at radius 1 is 0.875 bits per heavy atom. The lowest BCUT2D eigenvalue weighted by atomic mass is 10.0. The predicted octanol–water partition coefficient (Wildman–Crippen LogP) is 6.03. The van der Waals surface area contributed by atoms with Crippen molar-refractivity contribution in [2.24, 2.45) is 0 Å². The summed E-state index contributed by atoms with van der Waals surface area (Å²) in [5, 5.41) is 15.8. The Kier molecular flexibility index (Phi) is 8.58. The number of rotatable bonds is 12. The fourth-order valence-corrected chi connectivity index (χ4v) is 3.55. The normalized spacial score (nSPS) is 10.7. The van der Waals surface area contributed by atoms with Gasteiger partial charge >= 0.3 is 5.97 Å². The van der Waals surface area contributed by atoms with Crippen LogP contribution in [0.15, 0.2) is 72.8 Å². The zero-order valence-electron chi connectivity index (χ0n) is 18.4. The molecule has 0 spiro atoms. The van der Waals surface area contributed by atoms with Crippen LogP contribution in [-0.4, -0.2) is 23.4 Å². The first kappa shape index (κ1) is 23.2. The molecule has 0 atom stereocenters. The van der Waals surface area contributed by atoms with Gasteiger partial charge in [0.15, 0.2) is 0 Å². The van der Waals surface area contributed by atoms with Gasteiger partial charge in [0.05, 0.1) is 17.8 Å². The van der Waals surface area contributed by atoms with Gasteiger partial charge in [-0.2, -0.15) is 0 Å². The summed E-state index contributed by atoms with van der Waals surface area (Å²) in [6, 6.07) is 23.0. The van der Waals surface area contributed by atoms with Crippen LogP contribution in [-0.2, 0) is 11.3 Å². The number of Topliss-reactive ketones (excluding diaryl/α,β-unsaturated/α-hetero) is 1. The fourth-order valence-electron chi connectivity index (χ4n) is 3.55. The number of para-hydroxylation sites is 1. The van der Waals surface area contributed by atoms with Crippen LogP contribution in [0.4, 0.5) is 11.4 Å². The number of carboxylic acid groups (broad SMARTS) is 1. The molecule has 0 aliphatic carbocycles. The summed E-state index contributed by atoms with van der Waals surface area (Å²) in [6.07, 6.45) is 3.85. The topological polar surface area (TPSA) is 78.4 Å². The number of carbonyl (C=O) groups is 2. The molecule has 0 saturated carbocycles. The molecule has 0 saturated heterocycles. The lowest BCUT2D eigenvalue weighted by molar-refractivity contribution is -0.118. The minimum atomic E-state index is -0.960. The van der Waals surface area contributed by atoms with E-state index in [1.54, 1.807) is 24.3 Å². The number of nitrogens with one attached hydrogen (secondary N) is 2. The van der Waals surface area contributed by atoms with Crippen molar-refractivity contribution in [1.29, 1.82) is 0 Å². The number of hydrogen-bond donors (Lipinski definition) is 3. The Hall–Kier alpha value is -3.44. The molecule has 3 aromatic rings. The second-order valence-corrected chi connectivity index (χ2v) is 7.85. The summed E-state index contributed by atoms with van der Waals surface area (Å²) in [7, 11) is 0. The van der Waals surface area contributed by atoms with Crippen LogP contribution in [0, 0.1) is 0 Å². The van der Waals surface area contributed by atoms with Gasteiger partial charge in [-0.15, -0.1) is 0 Å². The van der Waals surface area contributed by atoms with Crippen molar-refractivity contribution < 1.29 is 14.7 Å². The third-order valence-electron chi connectivity index (χ3n) is 5.29. The van der Waals surface area contributed by atoms with E-state index in [4.69, 9.17) is 0 Å². The highest BCUT2D eigenvalue weighted by molar-refractivity contribution is 5.95. The van der Waals surface area contributed by atoms with E-state index in [2.05, 4.69) is 35.8 Å². The Bertz CT molecular complexity index is 1040. The Morgan fingerprint density at radius 2 is 1.66 bits per heavy atom. The minimum Gasteiger partial charge on any atom is -0.478 e. The maximum absolute atomic E-state index is 11.9. The van der Waals surface area contributed by atoms with Gasteiger partial charge in [-0.3, -0.25) is 4.79 Å². The van der Waals surface area contributed by atoms with E-state index in [0.717, 1.165) is 41.6 Å². The molecule has 3 aromatic carbocycles. The van der Waals surface area contributed by atoms with Crippen molar-refractivity contribution in [3.63, 3.8) is 0 Å². The molecule has 0 bridgehead atoms. The molecular weight excluding hydrogens is 400 g/mol. The Labute approximate surface area is 189 Å². The van der Waals surface area contributed by atoms with Crippen molar-refractivity contribution in [2.45, 2.75) is 39.2 Å². The van der Waals surface area contributed by atoms with E-state index < -0.39 is 5.97 Å². The van der Waals surface area contributed by atoms with Gasteiger partial charge in [-0.25, -0.2) is 4.79 Å². The molecule has 0 amide bonds. The zero-order valence-corrected chi connectivity index (χ0v) is 18.4. The number of unbranched alkanes of at least 4 members (excludes halogenated alkanes) is 2. The molecule has 5 heteroatoms. The lowest BCUT2D eigenvalue weighted by Gasteiger charge is -2.11. The van der Waals surface area contributed by atoms with E-state index in [9.17, 15) is 14.7 Å². The largest absolute Gasteiger partial charge is 0.478 e. The number of hydrogen-bond acceptors (Lipinski definition) is 4. The van der Waals surface area contributed by atoms with Gasteiger partial charge in [0.25, 0.3) is 0 Å². The first-order chi connectivity index (χ1) is 15.6. The van der Waals surface area contributed by atoms with Crippen molar-refractivity contribution in [3.8, 4) is 11.1 Å². The van der Waals surface area contributed by atoms with Crippen LogP contribution >= 0.6 is 0 Å². The van der Waals surface area contributed by atoms with Gasteiger partial charge in [0.2, 0.25) is 0 Å². The lowest BCUT2D eigenvalue weighted by Crippen LogP contribution is -2.22. The molecule has 0 fully saturated rings. The van der Waals surface area contributed by atoms with Crippen molar-refractivity contribution >= 4 is 23.1 Å². The van der Waals surface area contributed by atoms with E-state index in [1.807, 2.05) is 30.3 Å². The number of benzene rings is 3. The molecule has 0 heterocycles. The Balaban J connectivity index is 1.59. The second kappa shape index (κ2) is 11.8. The van der Waals surface area contributed by atoms with Gasteiger partial charge < -0.3 is 15.7 Å². The highest BCUT2D eigenvalue weighted by Gasteiger charge is 2.09. The van der Waals surface area contributed by atoms with Crippen LogP contribution in [0.5, 0.6) is 0 Å². The summed E-state index contributed by atoms with van der Waals surface area (Å²) >= 11 is 0. The first-order valence-corrected chi connectivity index (χ1v) is 11.1. The molecule has 0 radical (unpaired) electrons. The van der Waals surface area contributed by atoms with E-state index in [1.165, 1.54) is 0 Å². The number of carbonyl (C=O) groups excluding carboxylic acids is 1. The smallest absolute Gasteiger partial charge is 0.337 e. The number of ketones is 1. The van der Waals surface area contributed by atoms with Crippen LogP contribution in [0.1, 0.15) is 48.5 Å². The van der Waals surface area contributed by atoms with Crippen molar-refractivity contribution in [3.05, 3.63) is 83.9 Å². The molecule has 32 heavy (non-hydrogen) atoms. The molecule has 0 aromatic heterocycles. The highest BCUT2D eigenvalue weighted by Crippen LogP contribution is 2.25. The van der Waals surface area contributed by atoms with E-state index >= 15 is 0 Å².